The second-order valence-electron chi connectivity index (χ2n) is 3.30. The van der Waals surface area contributed by atoms with Crippen LogP contribution in [-0.4, -0.2) is 11.7 Å². The SMILES string of the molecule is CC(=O)/C=C/C(=O)Nc1ccc(C)cc1. The first-order chi connectivity index (χ1) is 7.08. The van der Waals surface area contributed by atoms with Crippen molar-refractivity contribution in [3.63, 3.8) is 0 Å². The van der Waals surface area contributed by atoms with Gasteiger partial charge in [-0.25, -0.2) is 0 Å². The number of hydrogen-bond acceptors (Lipinski definition) is 2. The van der Waals surface area contributed by atoms with Crippen LogP contribution in [0, 0.1) is 6.92 Å². The van der Waals surface area contributed by atoms with Crippen LogP contribution in [0.2, 0.25) is 0 Å². The molecule has 1 amide bonds. The molecule has 0 aromatic heterocycles. The highest BCUT2D eigenvalue weighted by atomic mass is 16.1. The van der Waals surface area contributed by atoms with Crippen LogP contribution in [-0.2, 0) is 9.59 Å². The number of anilines is 1. The molecule has 0 aliphatic carbocycles. The maximum Gasteiger partial charge on any atom is 0.248 e. The number of rotatable bonds is 3. The first-order valence-electron chi connectivity index (χ1n) is 4.64. The highest BCUT2D eigenvalue weighted by Crippen LogP contribution is 2.08. The molecule has 0 bridgehead atoms. The van der Waals surface area contributed by atoms with Gasteiger partial charge in [0, 0.05) is 11.8 Å². The lowest BCUT2D eigenvalue weighted by Gasteiger charge is -2.01. The average molecular weight is 203 g/mol. The molecule has 0 atom stereocenters. The maximum atomic E-state index is 11.3. The molecule has 0 aliphatic heterocycles. The molecule has 0 aliphatic rings. The molecule has 0 saturated heterocycles. The molecule has 0 saturated carbocycles. The van der Waals surface area contributed by atoms with Gasteiger partial charge < -0.3 is 5.32 Å². The van der Waals surface area contributed by atoms with Crippen molar-refractivity contribution >= 4 is 17.4 Å². The molecule has 15 heavy (non-hydrogen) atoms. The lowest BCUT2D eigenvalue weighted by Crippen LogP contribution is -2.08. The Hall–Kier alpha value is -1.90. The third kappa shape index (κ3) is 4.22. The Morgan fingerprint density at radius 2 is 1.73 bits per heavy atom. The maximum absolute atomic E-state index is 11.3. The van der Waals surface area contributed by atoms with Crippen LogP contribution in [0.5, 0.6) is 0 Å². The van der Waals surface area contributed by atoms with E-state index in [1.807, 2.05) is 31.2 Å². The van der Waals surface area contributed by atoms with E-state index in [1.54, 1.807) is 0 Å². The molecule has 78 valence electrons. The monoisotopic (exact) mass is 203 g/mol. The summed E-state index contributed by atoms with van der Waals surface area (Å²) >= 11 is 0. The molecule has 0 fully saturated rings. The molecule has 1 aromatic carbocycles. The topological polar surface area (TPSA) is 46.2 Å². The summed E-state index contributed by atoms with van der Waals surface area (Å²) in [5, 5.41) is 2.65. The number of carbonyl (C=O) groups is 2. The fraction of sp³-hybridized carbons (Fsp3) is 0.167. The quantitative estimate of drug-likeness (QED) is 0.764. The minimum absolute atomic E-state index is 0.144. The predicted molar refractivity (Wildman–Crippen MR) is 59.6 cm³/mol. The number of nitrogens with one attached hydrogen (secondary N) is 1. The fourth-order valence-electron chi connectivity index (χ4n) is 1.01. The highest BCUT2D eigenvalue weighted by Gasteiger charge is 1.97. The summed E-state index contributed by atoms with van der Waals surface area (Å²) < 4.78 is 0. The molecular weight excluding hydrogens is 190 g/mol. The first kappa shape index (κ1) is 11.2. The predicted octanol–water partition coefficient (Wildman–Crippen LogP) is 2.08. The zero-order valence-corrected chi connectivity index (χ0v) is 8.78. The normalized spacial score (nSPS) is 10.3. The van der Waals surface area contributed by atoms with E-state index in [1.165, 1.54) is 19.1 Å². The molecule has 0 spiro atoms. The van der Waals surface area contributed by atoms with Gasteiger partial charge >= 0.3 is 0 Å². The number of hydrogen-bond donors (Lipinski definition) is 1. The van der Waals surface area contributed by atoms with E-state index in [2.05, 4.69) is 5.32 Å². The van der Waals surface area contributed by atoms with E-state index in [0.717, 1.165) is 11.3 Å². The van der Waals surface area contributed by atoms with E-state index in [4.69, 9.17) is 0 Å². The van der Waals surface area contributed by atoms with Gasteiger partial charge in [0.25, 0.3) is 0 Å². The number of allylic oxidation sites excluding steroid dienone is 1. The molecule has 0 heterocycles. The minimum atomic E-state index is -0.297. The van der Waals surface area contributed by atoms with Crippen molar-refractivity contribution in [3.8, 4) is 0 Å². The second-order valence-corrected chi connectivity index (χ2v) is 3.30. The molecule has 0 unspecified atom stereocenters. The third-order valence-corrected chi connectivity index (χ3v) is 1.79. The summed E-state index contributed by atoms with van der Waals surface area (Å²) in [5.74, 6) is -0.442. The summed E-state index contributed by atoms with van der Waals surface area (Å²) in [6.07, 6.45) is 2.46. The third-order valence-electron chi connectivity index (χ3n) is 1.79. The first-order valence-corrected chi connectivity index (χ1v) is 4.64. The van der Waals surface area contributed by atoms with Crippen molar-refractivity contribution in [2.45, 2.75) is 13.8 Å². The Balaban J connectivity index is 2.59. The van der Waals surface area contributed by atoms with Crippen molar-refractivity contribution in [2.24, 2.45) is 0 Å². The summed E-state index contributed by atoms with van der Waals surface area (Å²) in [6, 6.07) is 7.44. The van der Waals surface area contributed by atoms with Crippen molar-refractivity contribution < 1.29 is 9.59 Å². The molecule has 1 aromatic rings. The highest BCUT2D eigenvalue weighted by molar-refractivity contribution is 6.03. The molecular formula is C12H13NO2. The van der Waals surface area contributed by atoms with Crippen LogP contribution in [0.15, 0.2) is 36.4 Å². The Bertz CT molecular complexity index is 391. The fourth-order valence-corrected chi connectivity index (χ4v) is 1.01. The smallest absolute Gasteiger partial charge is 0.248 e. The van der Waals surface area contributed by atoms with Gasteiger partial charge in [0.1, 0.15) is 0 Å². The largest absolute Gasteiger partial charge is 0.323 e. The van der Waals surface area contributed by atoms with Crippen LogP contribution in [0.3, 0.4) is 0 Å². The number of benzene rings is 1. The van der Waals surface area contributed by atoms with E-state index >= 15 is 0 Å². The Labute approximate surface area is 88.8 Å². The van der Waals surface area contributed by atoms with Gasteiger partial charge in [0.05, 0.1) is 0 Å². The van der Waals surface area contributed by atoms with E-state index < -0.39 is 0 Å². The second kappa shape index (κ2) is 5.10. The van der Waals surface area contributed by atoms with Crippen molar-refractivity contribution in [1.82, 2.24) is 0 Å². The standard InChI is InChI=1S/C12H13NO2/c1-9-3-6-11(7-4-9)13-12(15)8-5-10(2)14/h3-8H,1-2H3,(H,13,15)/b8-5+. The Morgan fingerprint density at radius 1 is 1.13 bits per heavy atom. The van der Waals surface area contributed by atoms with Gasteiger partial charge in [-0.3, -0.25) is 9.59 Å². The van der Waals surface area contributed by atoms with Crippen molar-refractivity contribution in [2.75, 3.05) is 5.32 Å². The number of amides is 1. The minimum Gasteiger partial charge on any atom is -0.323 e. The summed E-state index contributed by atoms with van der Waals surface area (Å²) in [5.41, 5.74) is 1.85. The van der Waals surface area contributed by atoms with E-state index in [9.17, 15) is 9.59 Å². The molecule has 1 rings (SSSR count). The Kier molecular flexibility index (Phi) is 3.80. The zero-order valence-electron chi connectivity index (χ0n) is 8.78. The summed E-state index contributed by atoms with van der Waals surface area (Å²) in [7, 11) is 0. The summed E-state index contributed by atoms with van der Waals surface area (Å²) in [4.78, 5) is 21.8. The van der Waals surface area contributed by atoms with Crippen LogP contribution in [0.4, 0.5) is 5.69 Å². The Morgan fingerprint density at radius 3 is 2.27 bits per heavy atom. The van der Waals surface area contributed by atoms with Crippen LogP contribution in [0.1, 0.15) is 12.5 Å². The zero-order chi connectivity index (χ0) is 11.3. The van der Waals surface area contributed by atoms with Crippen molar-refractivity contribution in [3.05, 3.63) is 42.0 Å². The van der Waals surface area contributed by atoms with Crippen LogP contribution < -0.4 is 5.32 Å². The van der Waals surface area contributed by atoms with Gasteiger partial charge in [-0.15, -0.1) is 0 Å². The van der Waals surface area contributed by atoms with Gasteiger partial charge in [0.2, 0.25) is 5.91 Å². The van der Waals surface area contributed by atoms with Crippen LogP contribution >= 0.6 is 0 Å². The molecule has 0 radical (unpaired) electrons. The number of aryl methyl sites for hydroxylation is 1. The van der Waals surface area contributed by atoms with Gasteiger partial charge in [0.15, 0.2) is 5.78 Å². The molecule has 1 N–H and O–H groups in total. The van der Waals surface area contributed by atoms with Gasteiger partial charge in [-0.05, 0) is 32.1 Å². The molecule has 3 heteroatoms. The number of ketones is 1. The lowest BCUT2D eigenvalue weighted by molar-refractivity contribution is -0.114. The lowest BCUT2D eigenvalue weighted by atomic mass is 10.2. The van der Waals surface area contributed by atoms with Crippen LogP contribution in [0.25, 0.3) is 0 Å². The molecule has 3 nitrogen and oxygen atoms in total. The van der Waals surface area contributed by atoms with Gasteiger partial charge in [-0.1, -0.05) is 17.7 Å². The number of carbonyl (C=O) groups excluding carboxylic acids is 2. The van der Waals surface area contributed by atoms with Crippen molar-refractivity contribution in [1.29, 1.82) is 0 Å². The summed E-state index contributed by atoms with van der Waals surface area (Å²) in [6.45, 7) is 3.37. The average Bonchev–Trinajstić information content (AvgIpc) is 2.19. The van der Waals surface area contributed by atoms with E-state index in [0.29, 0.717) is 0 Å². The van der Waals surface area contributed by atoms with Gasteiger partial charge in [-0.2, -0.15) is 0 Å². The van der Waals surface area contributed by atoms with E-state index in [-0.39, 0.29) is 11.7 Å².